The number of nitriles is 1. The van der Waals surface area contributed by atoms with Crippen LogP contribution in [-0.2, 0) is 0 Å². The van der Waals surface area contributed by atoms with Crippen molar-refractivity contribution < 1.29 is 4.79 Å². The lowest BCUT2D eigenvalue weighted by Crippen LogP contribution is -2.32. The number of pyridine rings is 1. The predicted octanol–water partition coefficient (Wildman–Crippen LogP) is 3.40. The van der Waals surface area contributed by atoms with Crippen molar-refractivity contribution in [3.63, 3.8) is 0 Å². The summed E-state index contributed by atoms with van der Waals surface area (Å²) in [4.78, 5) is 18.2. The van der Waals surface area contributed by atoms with E-state index in [4.69, 9.17) is 5.26 Å². The molecule has 0 saturated carbocycles. The Labute approximate surface area is 125 Å². The number of anilines is 1. The van der Waals surface area contributed by atoms with Gasteiger partial charge in [0.1, 0.15) is 5.69 Å². The Morgan fingerprint density at radius 1 is 1.25 bits per heavy atom. The van der Waals surface area contributed by atoms with Gasteiger partial charge in [-0.15, -0.1) is 0 Å². The zero-order chi connectivity index (χ0) is 14.4. The summed E-state index contributed by atoms with van der Waals surface area (Å²) < 4.78 is 0.817. The average Bonchev–Trinajstić information content (AvgIpc) is 2.49. The molecule has 0 fully saturated rings. The summed E-state index contributed by atoms with van der Waals surface area (Å²) in [6, 6.07) is 14.8. The van der Waals surface area contributed by atoms with E-state index in [0.717, 1.165) is 10.2 Å². The Kier molecular flexibility index (Phi) is 4.85. The number of hydrogen-bond acceptors (Lipinski definition) is 3. The summed E-state index contributed by atoms with van der Waals surface area (Å²) in [5.41, 5.74) is 1.12. The third-order valence-electron chi connectivity index (χ3n) is 2.71. The first-order valence-electron chi connectivity index (χ1n) is 6.08. The molecule has 1 heterocycles. The van der Waals surface area contributed by atoms with Gasteiger partial charge >= 0.3 is 0 Å². The first-order valence-corrected chi connectivity index (χ1v) is 6.87. The maximum absolute atomic E-state index is 12.5. The van der Waals surface area contributed by atoms with Gasteiger partial charge in [-0.25, -0.2) is 4.98 Å². The number of amides is 1. The SMILES string of the molecule is N#CCCN(C(=O)c1ccc(Br)cn1)c1ccccc1. The van der Waals surface area contributed by atoms with Crippen molar-refractivity contribution in [2.45, 2.75) is 6.42 Å². The van der Waals surface area contributed by atoms with Gasteiger partial charge < -0.3 is 4.90 Å². The van der Waals surface area contributed by atoms with Gasteiger partial charge in [0.2, 0.25) is 0 Å². The Bertz CT molecular complexity index is 620. The molecular weight excluding hydrogens is 318 g/mol. The minimum atomic E-state index is -0.209. The quantitative estimate of drug-likeness (QED) is 0.863. The molecule has 100 valence electrons. The first-order chi connectivity index (χ1) is 9.72. The summed E-state index contributed by atoms with van der Waals surface area (Å²) in [7, 11) is 0. The third kappa shape index (κ3) is 3.43. The number of carbonyl (C=O) groups excluding carboxylic acids is 1. The van der Waals surface area contributed by atoms with Crippen LogP contribution in [0.3, 0.4) is 0 Å². The molecule has 0 bridgehead atoms. The minimum Gasteiger partial charge on any atom is -0.306 e. The predicted molar refractivity (Wildman–Crippen MR) is 80.3 cm³/mol. The van der Waals surface area contributed by atoms with Crippen LogP contribution >= 0.6 is 15.9 Å². The van der Waals surface area contributed by atoms with Crippen LogP contribution in [0.2, 0.25) is 0 Å². The summed E-state index contributed by atoms with van der Waals surface area (Å²) in [6.07, 6.45) is 1.86. The molecule has 2 aromatic rings. The zero-order valence-electron chi connectivity index (χ0n) is 10.7. The summed E-state index contributed by atoms with van der Waals surface area (Å²) in [6.45, 7) is 0.344. The fraction of sp³-hybridized carbons (Fsp3) is 0.133. The number of rotatable bonds is 4. The van der Waals surface area contributed by atoms with E-state index >= 15 is 0 Å². The number of halogens is 1. The smallest absolute Gasteiger partial charge is 0.276 e. The van der Waals surface area contributed by atoms with Crippen LogP contribution in [0.25, 0.3) is 0 Å². The Morgan fingerprint density at radius 3 is 2.60 bits per heavy atom. The number of para-hydroxylation sites is 1. The van der Waals surface area contributed by atoms with Gasteiger partial charge in [0.15, 0.2) is 0 Å². The first kappa shape index (κ1) is 14.2. The van der Waals surface area contributed by atoms with Crippen molar-refractivity contribution in [2.75, 3.05) is 11.4 Å². The van der Waals surface area contributed by atoms with Crippen LogP contribution in [-0.4, -0.2) is 17.4 Å². The largest absolute Gasteiger partial charge is 0.306 e. The third-order valence-corrected chi connectivity index (χ3v) is 3.18. The van der Waals surface area contributed by atoms with E-state index < -0.39 is 0 Å². The van der Waals surface area contributed by atoms with Crippen molar-refractivity contribution in [1.82, 2.24) is 4.98 Å². The maximum atomic E-state index is 12.5. The fourth-order valence-corrected chi connectivity index (χ4v) is 1.99. The molecule has 1 aromatic heterocycles. The second-order valence-electron chi connectivity index (χ2n) is 4.06. The van der Waals surface area contributed by atoms with Crippen LogP contribution in [0.1, 0.15) is 16.9 Å². The van der Waals surface area contributed by atoms with Crippen molar-refractivity contribution in [3.8, 4) is 6.07 Å². The number of hydrogen-bond donors (Lipinski definition) is 0. The van der Waals surface area contributed by atoms with E-state index in [0.29, 0.717) is 12.2 Å². The molecule has 1 aromatic carbocycles. The van der Waals surface area contributed by atoms with Crippen molar-refractivity contribution in [3.05, 3.63) is 58.8 Å². The van der Waals surface area contributed by atoms with Crippen LogP contribution in [0.4, 0.5) is 5.69 Å². The van der Waals surface area contributed by atoms with Gasteiger partial charge in [-0.05, 0) is 40.2 Å². The number of aromatic nitrogens is 1. The molecular formula is C15H12BrN3O. The van der Waals surface area contributed by atoms with Crippen molar-refractivity contribution >= 4 is 27.5 Å². The molecule has 0 aliphatic carbocycles. The molecule has 0 saturated heterocycles. The van der Waals surface area contributed by atoms with Crippen LogP contribution in [0.15, 0.2) is 53.1 Å². The molecule has 5 heteroatoms. The molecule has 0 spiro atoms. The van der Waals surface area contributed by atoms with Crippen molar-refractivity contribution in [2.24, 2.45) is 0 Å². The second-order valence-corrected chi connectivity index (χ2v) is 4.98. The highest BCUT2D eigenvalue weighted by molar-refractivity contribution is 9.10. The average molecular weight is 330 g/mol. The standard InChI is InChI=1S/C15H12BrN3O/c16-12-7-8-14(18-11-12)15(20)19(10-4-9-17)13-5-2-1-3-6-13/h1-3,5-8,11H,4,10H2. The van der Waals surface area contributed by atoms with Gasteiger partial charge in [-0.2, -0.15) is 5.26 Å². The molecule has 0 N–H and O–H groups in total. The Balaban J connectivity index is 2.29. The van der Waals surface area contributed by atoms with E-state index in [1.54, 1.807) is 23.2 Å². The topological polar surface area (TPSA) is 57.0 Å². The highest BCUT2D eigenvalue weighted by Gasteiger charge is 2.18. The molecule has 0 aliphatic rings. The molecule has 4 nitrogen and oxygen atoms in total. The van der Waals surface area contributed by atoms with Crippen LogP contribution < -0.4 is 4.90 Å². The fourth-order valence-electron chi connectivity index (χ4n) is 1.76. The van der Waals surface area contributed by atoms with Gasteiger partial charge in [0.05, 0.1) is 12.5 Å². The number of benzene rings is 1. The molecule has 0 atom stereocenters. The number of nitrogens with zero attached hydrogens (tertiary/aromatic N) is 3. The minimum absolute atomic E-state index is 0.209. The molecule has 0 unspecified atom stereocenters. The second kappa shape index (κ2) is 6.83. The summed E-state index contributed by atoms with van der Waals surface area (Å²) >= 11 is 3.29. The highest BCUT2D eigenvalue weighted by Crippen LogP contribution is 2.17. The Hall–Kier alpha value is -2.19. The van der Waals surface area contributed by atoms with Crippen molar-refractivity contribution in [1.29, 1.82) is 5.26 Å². The normalized spacial score (nSPS) is 9.80. The van der Waals surface area contributed by atoms with Gasteiger partial charge in [-0.3, -0.25) is 4.79 Å². The van der Waals surface area contributed by atoms with E-state index in [-0.39, 0.29) is 12.3 Å². The molecule has 0 radical (unpaired) electrons. The van der Waals surface area contributed by atoms with Gasteiger partial charge in [0.25, 0.3) is 5.91 Å². The molecule has 2 rings (SSSR count). The molecule has 1 amide bonds. The summed E-state index contributed by atoms with van der Waals surface area (Å²) in [5.74, 6) is -0.209. The van der Waals surface area contributed by atoms with Gasteiger partial charge in [0, 0.05) is 22.9 Å². The van der Waals surface area contributed by atoms with E-state index in [9.17, 15) is 4.79 Å². The molecule has 0 aliphatic heterocycles. The number of carbonyl (C=O) groups is 1. The lowest BCUT2D eigenvalue weighted by molar-refractivity contribution is 0.0982. The van der Waals surface area contributed by atoms with E-state index in [2.05, 4.69) is 27.0 Å². The highest BCUT2D eigenvalue weighted by atomic mass is 79.9. The van der Waals surface area contributed by atoms with E-state index in [1.165, 1.54) is 0 Å². The van der Waals surface area contributed by atoms with Gasteiger partial charge in [-0.1, -0.05) is 18.2 Å². The monoisotopic (exact) mass is 329 g/mol. The summed E-state index contributed by atoms with van der Waals surface area (Å²) in [5, 5.41) is 8.74. The Morgan fingerprint density at radius 2 is 2.00 bits per heavy atom. The van der Waals surface area contributed by atoms with E-state index in [1.807, 2.05) is 30.3 Å². The lowest BCUT2D eigenvalue weighted by Gasteiger charge is -2.21. The molecule has 20 heavy (non-hydrogen) atoms. The zero-order valence-corrected chi connectivity index (χ0v) is 12.2. The maximum Gasteiger partial charge on any atom is 0.276 e. The van der Waals surface area contributed by atoms with Crippen LogP contribution in [0, 0.1) is 11.3 Å². The lowest BCUT2D eigenvalue weighted by atomic mass is 10.2. The van der Waals surface area contributed by atoms with Crippen LogP contribution in [0.5, 0.6) is 0 Å².